The molecule has 0 unspecified atom stereocenters. The average molecular weight is 364 g/mol. The lowest BCUT2D eigenvalue weighted by Crippen LogP contribution is -2.42. The molecule has 4 rings (SSSR count). The van der Waals surface area contributed by atoms with E-state index in [0.717, 1.165) is 17.7 Å². The molecule has 1 fully saturated rings. The molecular formula is C21H20N2O4. The lowest BCUT2D eigenvalue weighted by Gasteiger charge is -2.23. The van der Waals surface area contributed by atoms with Crippen molar-refractivity contribution in [1.82, 2.24) is 0 Å². The van der Waals surface area contributed by atoms with Gasteiger partial charge in [0.15, 0.2) is 0 Å². The van der Waals surface area contributed by atoms with Crippen LogP contribution in [0.15, 0.2) is 48.5 Å². The van der Waals surface area contributed by atoms with Gasteiger partial charge in [-0.05, 0) is 55.2 Å². The van der Waals surface area contributed by atoms with Crippen molar-refractivity contribution >= 4 is 29.2 Å². The molecule has 6 nitrogen and oxygen atoms in total. The van der Waals surface area contributed by atoms with Crippen LogP contribution in [0.2, 0.25) is 0 Å². The van der Waals surface area contributed by atoms with Crippen molar-refractivity contribution in [3.05, 3.63) is 59.7 Å². The summed E-state index contributed by atoms with van der Waals surface area (Å²) in [6.07, 6.45) is 1.92. The molecule has 0 bridgehead atoms. The number of ether oxygens (including phenoxy) is 1. The second-order valence-corrected chi connectivity index (χ2v) is 6.94. The molecule has 2 amide bonds. The zero-order chi connectivity index (χ0) is 19.0. The molecule has 1 N–H and O–H groups in total. The molecule has 0 aromatic heterocycles. The van der Waals surface area contributed by atoms with Gasteiger partial charge in [0, 0.05) is 17.9 Å². The third-order valence-electron chi connectivity index (χ3n) is 5.29. The van der Waals surface area contributed by atoms with Crippen LogP contribution >= 0.6 is 0 Å². The van der Waals surface area contributed by atoms with Crippen LogP contribution in [-0.2, 0) is 20.7 Å². The fourth-order valence-corrected chi connectivity index (χ4v) is 3.53. The zero-order valence-corrected chi connectivity index (χ0v) is 15.0. The zero-order valence-electron chi connectivity index (χ0n) is 15.0. The molecule has 1 saturated carbocycles. The lowest BCUT2D eigenvalue weighted by molar-refractivity contribution is -0.132. The van der Waals surface area contributed by atoms with Gasteiger partial charge in [-0.15, -0.1) is 0 Å². The van der Waals surface area contributed by atoms with Crippen LogP contribution < -0.4 is 10.2 Å². The highest BCUT2D eigenvalue weighted by Gasteiger charge is 2.58. The number of rotatable bonds is 4. The first-order valence-electron chi connectivity index (χ1n) is 8.95. The van der Waals surface area contributed by atoms with E-state index in [1.807, 2.05) is 24.3 Å². The summed E-state index contributed by atoms with van der Waals surface area (Å²) in [5, 5.41) is 2.82. The van der Waals surface area contributed by atoms with E-state index in [2.05, 4.69) is 10.1 Å². The monoisotopic (exact) mass is 364 g/mol. The Morgan fingerprint density at radius 3 is 2.41 bits per heavy atom. The van der Waals surface area contributed by atoms with Gasteiger partial charge in [0.1, 0.15) is 5.41 Å². The molecule has 0 atom stereocenters. The Balaban J connectivity index is 1.49. The number of carbonyl (C=O) groups is 3. The largest absolute Gasteiger partial charge is 0.465 e. The van der Waals surface area contributed by atoms with Crippen LogP contribution in [0.25, 0.3) is 0 Å². The van der Waals surface area contributed by atoms with E-state index < -0.39 is 11.4 Å². The van der Waals surface area contributed by atoms with Gasteiger partial charge >= 0.3 is 5.97 Å². The van der Waals surface area contributed by atoms with Crippen LogP contribution in [0.3, 0.4) is 0 Å². The molecule has 2 aromatic rings. The van der Waals surface area contributed by atoms with E-state index in [1.165, 1.54) is 7.11 Å². The summed E-state index contributed by atoms with van der Waals surface area (Å²) in [6, 6.07) is 14.3. The molecule has 6 heteroatoms. The van der Waals surface area contributed by atoms with E-state index in [0.29, 0.717) is 30.6 Å². The third-order valence-corrected chi connectivity index (χ3v) is 5.29. The van der Waals surface area contributed by atoms with Crippen molar-refractivity contribution in [3.8, 4) is 0 Å². The van der Waals surface area contributed by atoms with Gasteiger partial charge in [0.05, 0.1) is 12.7 Å². The number of esters is 1. The van der Waals surface area contributed by atoms with E-state index in [9.17, 15) is 14.4 Å². The minimum atomic E-state index is -0.988. The van der Waals surface area contributed by atoms with Gasteiger partial charge in [-0.1, -0.05) is 18.2 Å². The van der Waals surface area contributed by atoms with Crippen molar-refractivity contribution in [2.75, 3.05) is 23.9 Å². The first-order valence-corrected chi connectivity index (χ1v) is 8.95. The van der Waals surface area contributed by atoms with Gasteiger partial charge < -0.3 is 15.0 Å². The molecule has 0 radical (unpaired) electrons. The van der Waals surface area contributed by atoms with Crippen molar-refractivity contribution < 1.29 is 19.1 Å². The van der Waals surface area contributed by atoms with Gasteiger partial charge in [0.25, 0.3) is 0 Å². The number of para-hydroxylation sites is 1. The molecule has 27 heavy (non-hydrogen) atoms. The maximum atomic E-state index is 13.1. The van der Waals surface area contributed by atoms with Gasteiger partial charge in [0.2, 0.25) is 11.8 Å². The van der Waals surface area contributed by atoms with Crippen LogP contribution in [0.5, 0.6) is 0 Å². The first-order chi connectivity index (χ1) is 13.0. The topological polar surface area (TPSA) is 75.7 Å². The minimum Gasteiger partial charge on any atom is -0.465 e. The highest BCUT2D eigenvalue weighted by Crippen LogP contribution is 2.49. The van der Waals surface area contributed by atoms with Crippen molar-refractivity contribution in [3.63, 3.8) is 0 Å². The highest BCUT2D eigenvalue weighted by atomic mass is 16.5. The normalized spacial score (nSPS) is 16.4. The number of hydrogen-bond donors (Lipinski definition) is 1. The summed E-state index contributed by atoms with van der Waals surface area (Å²) in [4.78, 5) is 39.2. The second kappa shape index (κ2) is 6.54. The van der Waals surface area contributed by atoms with E-state index in [4.69, 9.17) is 0 Å². The fraction of sp³-hybridized carbons (Fsp3) is 0.286. The standard InChI is InChI=1S/C21H20N2O4/c1-27-18(24)15-6-8-16(9-7-15)22-19(25)21(11-12-21)20(26)23-13-10-14-4-2-3-5-17(14)23/h2-9H,10-13H2,1H3,(H,22,25). The summed E-state index contributed by atoms with van der Waals surface area (Å²) in [5.41, 5.74) is 2.01. The summed E-state index contributed by atoms with van der Waals surface area (Å²) in [6.45, 7) is 0.612. The molecule has 0 spiro atoms. The Kier molecular flexibility index (Phi) is 4.18. The fourth-order valence-electron chi connectivity index (χ4n) is 3.53. The summed E-state index contributed by atoms with van der Waals surface area (Å²) < 4.78 is 4.66. The second-order valence-electron chi connectivity index (χ2n) is 6.94. The number of nitrogens with zero attached hydrogens (tertiary/aromatic N) is 1. The minimum absolute atomic E-state index is 0.129. The number of methoxy groups -OCH3 is 1. The number of hydrogen-bond acceptors (Lipinski definition) is 4. The number of anilines is 2. The van der Waals surface area contributed by atoms with Crippen molar-refractivity contribution in [2.24, 2.45) is 5.41 Å². The predicted molar refractivity (Wildman–Crippen MR) is 101 cm³/mol. The Bertz CT molecular complexity index is 916. The van der Waals surface area contributed by atoms with Gasteiger partial charge in [-0.2, -0.15) is 0 Å². The van der Waals surface area contributed by atoms with E-state index in [-0.39, 0.29) is 11.8 Å². The third kappa shape index (κ3) is 2.97. The van der Waals surface area contributed by atoms with E-state index >= 15 is 0 Å². The SMILES string of the molecule is COC(=O)c1ccc(NC(=O)C2(C(=O)N3CCc4ccccc43)CC2)cc1. The summed E-state index contributed by atoms with van der Waals surface area (Å²) in [7, 11) is 1.32. The summed E-state index contributed by atoms with van der Waals surface area (Å²) >= 11 is 0. The Morgan fingerprint density at radius 2 is 1.74 bits per heavy atom. The molecule has 2 aromatic carbocycles. The highest BCUT2D eigenvalue weighted by molar-refractivity contribution is 6.18. The van der Waals surface area contributed by atoms with Crippen LogP contribution in [0.1, 0.15) is 28.8 Å². The smallest absolute Gasteiger partial charge is 0.337 e. The van der Waals surface area contributed by atoms with Crippen LogP contribution in [-0.4, -0.2) is 31.4 Å². The van der Waals surface area contributed by atoms with Crippen molar-refractivity contribution in [1.29, 1.82) is 0 Å². The quantitative estimate of drug-likeness (QED) is 0.669. The molecule has 1 aliphatic carbocycles. The predicted octanol–water partition coefficient (Wildman–Crippen LogP) is 2.78. The number of nitrogens with one attached hydrogen (secondary N) is 1. The van der Waals surface area contributed by atoms with Crippen LogP contribution in [0, 0.1) is 5.41 Å². The number of carbonyl (C=O) groups excluding carboxylic acids is 3. The maximum Gasteiger partial charge on any atom is 0.337 e. The molecule has 138 valence electrons. The van der Waals surface area contributed by atoms with Crippen LogP contribution in [0.4, 0.5) is 11.4 Å². The number of benzene rings is 2. The van der Waals surface area contributed by atoms with E-state index in [1.54, 1.807) is 29.2 Å². The molecular weight excluding hydrogens is 344 g/mol. The van der Waals surface area contributed by atoms with Gasteiger partial charge in [-0.3, -0.25) is 9.59 Å². The lowest BCUT2D eigenvalue weighted by atomic mass is 10.0. The Labute approximate surface area is 157 Å². The molecule has 1 heterocycles. The first kappa shape index (κ1) is 17.3. The van der Waals surface area contributed by atoms with Crippen molar-refractivity contribution in [2.45, 2.75) is 19.3 Å². The molecule has 1 aliphatic heterocycles. The number of fused-ring (bicyclic) bond motifs is 1. The molecule has 0 saturated heterocycles. The number of amides is 2. The Morgan fingerprint density at radius 1 is 1.04 bits per heavy atom. The Hall–Kier alpha value is -3.15. The average Bonchev–Trinajstić information content (AvgIpc) is 3.41. The maximum absolute atomic E-state index is 13.1. The molecule has 2 aliphatic rings. The van der Waals surface area contributed by atoms with Gasteiger partial charge in [-0.25, -0.2) is 4.79 Å². The summed E-state index contributed by atoms with van der Waals surface area (Å²) in [5.74, 6) is -0.853.